The summed E-state index contributed by atoms with van der Waals surface area (Å²) < 4.78 is 15.1. The highest BCUT2D eigenvalue weighted by Crippen LogP contribution is 2.24. The fourth-order valence-electron chi connectivity index (χ4n) is 1.59. The Labute approximate surface area is 140 Å². The van der Waals surface area contributed by atoms with Crippen LogP contribution in [0.3, 0.4) is 0 Å². The number of ether oxygens (including phenoxy) is 3. The summed E-state index contributed by atoms with van der Waals surface area (Å²) in [6.45, 7) is 10.9. The van der Waals surface area contributed by atoms with Crippen molar-refractivity contribution in [2.45, 2.75) is 20.3 Å². The van der Waals surface area contributed by atoms with Gasteiger partial charge in [0.25, 0.3) is 0 Å². The van der Waals surface area contributed by atoms with Gasteiger partial charge >= 0.3 is 17.9 Å². The van der Waals surface area contributed by atoms with E-state index in [1.807, 2.05) is 13.8 Å². The van der Waals surface area contributed by atoms with Crippen molar-refractivity contribution < 1.29 is 28.6 Å². The average Bonchev–Trinajstić information content (AvgIpc) is 2.53. The molecule has 0 fully saturated rings. The van der Waals surface area contributed by atoms with Crippen molar-refractivity contribution in [3.8, 4) is 11.5 Å². The Morgan fingerprint density at radius 3 is 1.92 bits per heavy atom. The lowest BCUT2D eigenvalue weighted by Gasteiger charge is -2.10. The van der Waals surface area contributed by atoms with Crippen LogP contribution in [0.4, 0.5) is 0 Å². The van der Waals surface area contributed by atoms with E-state index in [1.165, 1.54) is 18.2 Å². The Kier molecular flexibility index (Phi) is 7.42. The summed E-state index contributed by atoms with van der Waals surface area (Å²) in [5.41, 5.74) is 0.0972. The van der Waals surface area contributed by atoms with Gasteiger partial charge in [-0.1, -0.05) is 27.0 Å². The minimum absolute atomic E-state index is 0.0325. The number of carbonyl (C=O) groups is 3. The van der Waals surface area contributed by atoms with Gasteiger partial charge in [0.1, 0.15) is 11.5 Å². The Balaban J connectivity index is 3.00. The summed E-state index contributed by atoms with van der Waals surface area (Å²) in [4.78, 5) is 34.7. The van der Waals surface area contributed by atoms with E-state index in [0.29, 0.717) is 5.92 Å². The standard InChI is InChI=1S/C18H20O6/c1-5-16(19)23-14-9-13(18(21)22-8-7-12(3)4)10-15(11-14)24-17(20)6-2/h5-6,9-12H,1-2,7-8H2,3-4H3. The normalized spacial score (nSPS) is 9.96. The summed E-state index contributed by atoms with van der Waals surface area (Å²) in [7, 11) is 0. The summed E-state index contributed by atoms with van der Waals surface area (Å²) in [5.74, 6) is -1.57. The van der Waals surface area contributed by atoms with Crippen molar-refractivity contribution in [3.05, 3.63) is 49.1 Å². The fraction of sp³-hybridized carbons (Fsp3) is 0.278. The van der Waals surface area contributed by atoms with Crippen LogP contribution in [0.5, 0.6) is 11.5 Å². The van der Waals surface area contributed by atoms with Crippen LogP contribution in [0.15, 0.2) is 43.5 Å². The molecule has 6 nitrogen and oxygen atoms in total. The largest absolute Gasteiger partial charge is 0.462 e. The van der Waals surface area contributed by atoms with E-state index < -0.39 is 17.9 Å². The maximum absolute atomic E-state index is 12.1. The zero-order valence-electron chi connectivity index (χ0n) is 13.7. The number of carbonyl (C=O) groups excluding carboxylic acids is 3. The van der Waals surface area contributed by atoms with Crippen LogP contribution in [0.2, 0.25) is 0 Å². The van der Waals surface area contributed by atoms with Crippen LogP contribution < -0.4 is 9.47 Å². The highest BCUT2D eigenvalue weighted by Gasteiger charge is 2.14. The number of benzene rings is 1. The molecule has 24 heavy (non-hydrogen) atoms. The molecule has 0 saturated carbocycles. The van der Waals surface area contributed by atoms with Crippen molar-refractivity contribution in [1.82, 2.24) is 0 Å². The molecule has 0 bridgehead atoms. The molecule has 0 aliphatic heterocycles. The monoisotopic (exact) mass is 332 g/mol. The first kappa shape index (κ1) is 19.2. The topological polar surface area (TPSA) is 78.9 Å². The smallest absolute Gasteiger partial charge is 0.338 e. The number of esters is 3. The van der Waals surface area contributed by atoms with E-state index in [-0.39, 0.29) is 23.7 Å². The average molecular weight is 332 g/mol. The molecule has 0 amide bonds. The fourth-order valence-corrected chi connectivity index (χ4v) is 1.59. The SMILES string of the molecule is C=CC(=O)Oc1cc(OC(=O)C=C)cc(C(=O)OCCC(C)C)c1. The molecule has 0 radical (unpaired) electrons. The van der Waals surface area contributed by atoms with Crippen LogP contribution in [-0.4, -0.2) is 24.5 Å². The van der Waals surface area contributed by atoms with Crippen LogP contribution in [-0.2, 0) is 14.3 Å². The number of hydrogen-bond donors (Lipinski definition) is 0. The molecule has 1 rings (SSSR count). The zero-order valence-corrected chi connectivity index (χ0v) is 13.7. The Bertz CT molecular complexity index is 605. The third-order valence-corrected chi connectivity index (χ3v) is 2.81. The first-order valence-electron chi connectivity index (χ1n) is 7.36. The van der Waals surface area contributed by atoms with E-state index in [2.05, 4.69) is 13.2 Å². The molecule has 0 atom stereocenters. The highest BCUT2D eigenvalue weighted by molar-refractivity contribution is 5.92. The molecule has 0 heterocycles. The van der Waals surface area contributed by atoms with Crippen molar-refractivity contribution >= 4 is 17.9 Å². The predicted molar refractivity (Wildman–Crippen MR) is 87.8 cm³/mol. The lowest BCUT2D eigenvalue weighted by molar-refractivity contribution is -0.129. The van der Waals surface area contributed by atoms with E-state index in [9.17, 15) is 14.4 Å². The van der Waals surface area contributed by atoms with E-state index in [1.54, 1.807) is 0 Å². The van der Waals surface area contributed by atoms with E-state index in [4.69, 9.17) is 14.2 Å². The van der Waals surface area contributed by atoms with Crippen LogP contribution in [0.25, 0.3) is 0 Å². The van der Waals surface area contributed by atoms with Crippen LogP contribution in [0, 0.1) is 5.92 Å². The Hall–Kier alpha value is -2.89. The quantitative estimate of drug-likeness (QED) is 0.413. The molecule has 0 aromatic heterocycles. The molecule has 1 aromatic carbocycles. The minimum atomic E-state index is -0.707. The lowest BCUT2D eigenvalue weighted by atomic mass is 10.1. The summed E-state index contributed by atoms with van der Waals surface area (Å²) in [6, 6.07) is 3.95. The molecule has 0 aliphatic carbocycles. The van der Waals surface area contributed by atoms with Gasteiger partial charge in [0.05, 0.1) is 12.2 Å². The number of rotatable bonds is 8. The van der Waals surface area contributed by atoms with Crippen molar-refractivity contribution in [3.63, 3.8) is 0 Å². The molecule has 128 valence electrons. The Morgan fingerprint density at radius 1 is 1.00 bits per heavy atom. The molecule has 0 saturated heterocycles. The summed E-state index contributed by atoms with van der Waals surface area (Å²) in [6.07, 6.45) is 2.67. The molecule has 0 N–H and O–H groups in total. The molecule has 0 aliphatic rings. The van der Waals surface area contributed by atoms with Crippen LogP contribution in [0.1, 0.15) is 30.6 Å². The van der Waals surface area contributed by atoms with Gasteiger partial charge < -0.3 is 14.2 Å². The Morgan fingerprint density at radius 2 is 1.50 bits per heavy atom. The van der Waals surface area contributed by atoms with Gasteiger partial charge in [-0.25, -0.2) is 14.4 Å². The second-order valence-electron chi connectivity index (χ2n) is 5.26. The maximum atomic E-state index is 12.1. The molecular weight excluding hydrogens is 312 g/mol. The molecule has 1 aromatic rings. The van der Waals surface area contributed by atoms with Crippen molar-refractivity contribution in [2.75, 3.05) is 6.61 Å². The summed E-state index contributed by atoms with van der Waals surface area (Å²) >= 11 is 0. The molecule has 6 heteroatoms. The number of hydrogen-bond acceptors (Lipinski definition) is 6. The van der Waals surface area contributed by atoms with Gasteiger partial charge in [-0.3, -0.25) is 0 Å². The minimum Gasteiger partial charge on any atom is -0.462 e. The van der Waals surface area contributed by atoms with Gasteiger partial charge in [-0.15, -0.1) is 0 Å². The predicted octanol–water partition coefficient (Wildman–Crippen LogP) is 3.07. The second-order valence-corrected chi connectivity index (χ2v) is 5.26. The molecule has 0 spiro atoms. The molecule has 0 unspecified atom stereocenters. The van der Waals surface area contributed by atoms with Gasteiger partial charge in [0, 0.05) is 18.2 Å². The highest BCUT2D eigenvalue weighted by atomic mass is 16.5. The molecular formula is C18H20O6. The van der Waals surface area contributed by atoms with Gasteiger partial charge in [-0.2, -0.15) is 0 Å². The van der Waals surface area contributed by atoms with E-state index >= 15 is 0 Å². The van der Waals surface area contributed by atoms with Gasteiger partial charge in [-0.05, 0) is 24.5 Å². The zero-order chi connectivity index (χ0) is 18.1. The van der Waals surface area contributed by atoms with Crippen LogP contribution >= 0.6 is 0 Å². The first-order chi connectivity index (χ1) is 11.3. The van der Waals surface area contributed by atoms with Gasteiger partial charge in [0.2, 0.25) is 0 Å². The van der Waals surface area contributed by atoms with Crippen molar-refractivity contribution in [1.29, 1.82) is 0 Å². The summed E-state index contributed by atoms with van der Waals surface area (Å²) in [5, 5.41) is 0. The third kappa shape index (κ3) is 6.48. The lowest BCUT2D eigenvalue weighted by Crippen LogP contribution is -2.11. The van der Waals surface area contributed by atoms with Gasteiger partial charge in [0.15, 0.2) is 0 Å². The van der Waals surface area contributed by atoms with E-state index in [0.717, 1.165) is 18.6 Å². The second kappa shape index (κ2) is 9.29. The third-order valence-electron chi connectivity index (χ3n) is 2.81. The maximum Gasteiger partial charge on any atom is 0.338 e. The van der Waals surface area contributed by atoms with Crippen molar-refractivity contribution in [2.24, 2.45) is 5.92 Å². The first-order valence-corrected chi connectivity index (χ1v) is 7.36.